The average Bonchev–Trinajstić information content (AvgIpc) is 2.26. The zero-order valence-corrected chi connectivity index (χ0v) is 10.9. The minimum Gasteiger partial charge on any atom is -0.347 e. The van der Waals surface area contributed by atoms with Crippen molar-refractivity contribution in [2.75, 3.05) is 11.5 Å². The lowest BCUT2D eigenvalue weighted by molar-refractivity contribution is 0.0939. The molecule has 1 N–H and O–H groups in total. The second-order valence-corrected chi connectivity index (χ2v) is 5.15. The van der Waals surface area contributed by atoms with E-state index in [-0.39, 0.29) is 11.9 Å². The molecule has 0 saturated carbocycles. The molecule has 3 nitrogen and oxygen atoms in total. The first-order valence-electron chi connectivity index (χ1n) is 5.13. The Bertz CT molecular complexity index is 360. The lowest BCUT2D eigenvalue weighted by Gasteiger charge is -2.12. The van der Waals surface area contributed by atoms with E-state index < -0.39 is 0 Å². The summed E-state index contributed by atoms with van der Waals surface area (Å²) < 4.78 is 0. The van der Waals surface area contributed by atoms with Crippen LogP contribution in [-0.2, 0) is 0 Å². The predicted molar refractivity (Wildman–Crippen MR) is 69.2 cm³/mol. The third-order valence-corrected chi connectivity index (χ3v) is 3.28. The van der Waals surface area contributed by atoms with Gasteiger partial charge in [-0.3, -0.25) is 9.78 Å². The Hall–Kier alpha value is -0.740. The minimum atomic E-state index is -0.174. The summed E-state index contributed by atoms with van der Waals surface area (Å²) in [5, 5.41) is 3.40. The topological polar surface area (TPSA) is 42.0 Å². The smallest absolute Gasteiger partial charge is 0.270 e. The highest BCUT2D eigenvalue weighted by atomic mass is 35.5. The van der Waals surface area contributed by atoms with Crippen molar-refractivity contribution in [3.63, 3.8) is 0 Å². The van der Waals surface area contributed by atoms with Gasteiger partial charge in [0.25, 0.3) is 5.91 Å². The molecular weight excluding hydrogens is 244 g/mol. The van der Waals surface area contributed by atoms with E-state index in [4.69, 9.17) is 11.6 Å². The summed E-state index contributed by atoms with van der Waals surface area (Å²) in [5.41, 5.74) is 0.362. The van der Waals surface area contributed by atoms with Crippen LogP contribution in [0.4, 0.5) is 0 Å². The van der Waals surface area contributed by atoms with E-state index in [0.717, 1.165) is 11.5 Å². The number of amides is 1. The van der Waals surface area contributed by atoms with Gasteiger partial charge in [0.15, 0.2) is 0 Å². The molecule has 1 unspecified atom stereocenters. The van der Waals surface area contributed by atoms with Crippen molar-refractivity contribution in [3.05, 3.63) is 29.0 Å². The van der Waals surface area contributed by atoms with Crippen molar-refractivity contribution in [1.29, 1.82) is 0 Å². The largest absolute Gasteiger partial charge is 0.347 e. The van der Waals surface area contributed by atoms with Gasteiger partial charge in [0.2, 0.25) is 0 Å². The molecule has 1 amide bonds. The van der Waals surface area contributed by atoms with Gasteiger partial charge in [0, 0.05) is 23.0 Å². The van der Waals surface area contributed by atoms with Crippen molar-refractivity contribution in [3.8, 4) is 0 Å². The molecule has 5 heteroatoms. The van der Waals surface area contributed by atoms with Gasteiger partial charge in [-0.2, -0.15) is 11.8 Å². The number of thioether (sulfide) groups is 1. The van der Waals surface area contributed by atoms with Crippen LogP contribution in [0.5, 0.6) is 0 Å². The number of halogens is 1. The van der Waals surface area contributed by atoms with Crippen molar-refractivity contribution >= 4 is 29.3 Å². The molecule has 0 aliphatic rings. The zero-order valence-electron chi connectivity index (χ0n) is 9.37. The summed E-state index contributed by atoms with van der Waals surface area (Å²) in [6.45, 7) is 4.07. The average molecular weight is 259 g/mol. The number of nitrogens with zero attached hydrogens (tertiary/aromatic N) is 1. The molecule has 1 aromatic rings. The lowest BCUT2D eigenvalue weighted by Crippen LogP contribution is -2.34. The van der Waals surface area contributed by atoms with Crippen molar-refractivity contribution in [1.82, 2.24) is 10.3 Å². The number of pyridine rings is 1. The second-order valence-electron chi connectivity index (χ2n) is 3.39. The SMILES string of the molecule is CCSCC(C)NC(=O)c1cc(Cl)ccn1. The Labute approximate surface area is 105 Å². The fraction of sp³-hybridized carbons (Fsp3) is 0.455. The lowest BCUT2D eigenvalue weighted by atomic mass is 10.3. The van der Waals surface area contributed by atoms with Crippen LogP contribution in [0.15, 0.2) is 18.3 Å². The van der Waals surface area contributed by atoms with E-state index in [9.17, 15) is 4.79 Å². The molecule has 1 aromatic heterocycles. The molecule has 1 atom stereocenters. The summed E-state index contributed by atoms with van der Waals surface area (Å²) in [7, 11) is 0. The maximum absolute atomic E-state index is 11.7. The fourth-order valence-electron chi connectivity index (χ4n) is 1.16. The molecule has 16 heavy (non-hydrogen) atoms. The molecule has 0 radical (unpaired) electrons. The van der Waals surface area contributed by atoms with Gasteiger partial charge in [-0.05, 0) is 24.8 Å². The highest BCUT2D eigenvalue weighted by molar-refractivity contribution is 7.99. The highest BCUT2D eigenvalue weighted by Crippen LogP contribution is 2.08. The summed E-state index contributed by atoms with van der Waals surface area (Å²) >= 11 is 7.58. The fourth-order valence-corrected chi connectivity index (χ4v) is 2.00. The van der Waals surface area contributed by atoms with E-state index in [1.165, 1.54) is 6.20 Å². The van der Waals surface area contributed by atoms with Crippen LogP contribution in [0.1, 0.15) is 24.3 Å². The Morgan fingerprint density at radius 2 is 2.44 bits per heavy atom. The quantitative estimate of drug-likeness (QED) is 0.883. The molecular formula is C11H15ClN2OS. The summed E-state index contributed by atoms with van der Waals surface area (Å²) in [5.74, 6) is 1.78. The zero-order chi connectivity index (χ0) is 12.0. The van der Waals surface area contributed by atoms with Crippen molar-refractivity contribution in [2.45, 2.75) is 19.9 Å². The molecule has 0 spiro atoms. The van der Waals surface area contributed by atoms with Gasteiger partial charge < -0.3 is 5.32 Å². The maximum Gasteiger partial charge on any atom is 0.270 e. The Kier molecular flexibility index (Phi) is 5.63. The molecule has 1 rings (SSSR count). The molecule has 0 bridgehead atoms. The molecule has 0 aliphatic carbocycles. The Morgan fingerprint density at radius 3 is 3.06 bits per heavy atom. The minimum absolute atomic E-state index is 0.137. The highest BCUT2D eigenvalue weighted by Gasteiger charge is 2.10. The number of carbonyl (C=O) groups excluding carboxylic acids is 1. The molecule has 1 heterocycles. The summed E-state index contributed by atoms with van der Waals surface area (Å²) in [6, 6.07) is 3.35. The number of rotatable bonds is 5. The number of hydrogen-bond donors (Lipinski definition) is 1. The van der Waals surface area contributed by atoms with Crippen LogP contribution in [0.2, 0.25) is 5.02 Å². The first-order valence-corrected chi connectivity index (χ1v) is 6.67. The summed E-state index contributed by atoms with van der Waals surface area (Å²) in [6.07, 6.45) is 1.53. The first kappa shape index (κ1) is 13.3. The van der Waals surface area contributed by atoms with E-state index in [1.807, 2.05) is 6.92 Å². The second kappa shape index (κ2) is 6.76. The van der Waals surface area contributed by atoms with Crippen molar-refractivity contribution < 1.29 is 4.79 Å². The number of hydrogen-bond acceptors (Lipinski definition) is 3. The molecule has 0 saturated heterocycles. The van der Waals surface area contributed by atoms with Crippen LogP contribution in [0.3, 0.4) is 0 Å². The Balaban J connectivity index is 2.52. The third-order valence-electron chi connectivity index (χ3n) is 1.90. The number of nitrogens with one attached hydrogen (secondary N) is 1. The van der Waals surface area contributed by atoms with E-state index >= 15 is 0 Å². The molecule has 88 valence electrons. The Morgan fingerprint density at radius 1 is 1.69 bits per heavy atom. The van der Waals surface area contributed by atoms with E-state index in [0.29, 0.717) is 10.7 Å². The normalized spacial score (nSPS) is 12.2. The van der Waals surface area contributed by atoms with Crippen molar-refractivity contribution in [2.24, 2.45) is 0 Å². The van der Waals surface area contributed by atoms with Gasteiger partial charge in [-0.15, -0.1) is 0 Å². The van der Waals surface area contributed by atoms with Crippen LogP contribution in [-0.4, -0.2) is 28.4 Å². The van der Waals surface area contributed by atoms with Crippen LogP contribution >= 0.6 is 23.4 Å². The summed E-state index contributed by atoms with van der Waals surface area (Å²) in [4.78, 5) is 15.7. The monoisotopic (exact) mass is 258 g/mol. The van der Waals surface area contributed by atoms with Gasteiger partial charge in [-0.25, -0.2) is 0 Å². The first-order chi connectivity index (χ1) is 7.63. The van der Waals surface area contributed by atoms with Gasteiger partial charge in [-0.1, -0.05) is 18.5 Å². The van der Waals surface area contributed by atoms with E-state index in [1.54, 1.807) is 23.9 Å². The van der Waals surface area contributed by atoms with Gasteiger partial charge in [0.05, 0.1) is 0 Å². The van der Waals surface area contributed by atoms with E-state index in [2.05, 4.69) is 17.2 Å². The maximum atomic E-state index is 11.7. The molecule has 0 aliphatic heterocycles. The van der Waals surface area contributed by atoms with Crippen LogP contribution in [0.25, 0.3) is 0 Å². The molecule has 0 fully saturated rings. The molecule has 0 aromatic carbocycles. The standard InChI is InChI=1S/C11H15ClN2OS/c1-3-16-7-8(2)14-11(15)10-6-9(12)4-5-13-10/h4-6,8H,3,7H2,1-2H3,(H,14,15). The third kappa shape index (κ3) is 4.41. The van der Waals surface area contributed by atoms with Gasteiger partial charge in [0.1, 0.15) is 5.69 Å². The van der Waals surface area contributed by atoms with Gasteiger partial charge >= 0.3 is 0 Å². The van der Waals surface area contributed by atoms with Crippen LogP contribution in [0, 0.1) is 0 Å². The predicted octanol–water partition coefficient (Wildman–Crippen LogP) is 2.61. The number of carbonyl (C=O) groups is 1. The number of aromatic nitrogens is 1. The van der Waals surface area contributed by atoms with Crippen LogP contribution < -0.4 is 5.32 Å².